The Morgan fingerprint density at radius 3 is 2.65 bits per heavy atom. The Balaban J connectivity index is 0.00000256. The van der Waals surface area contributed by atoms with Gasteiger partial charge < -0.3 is 10.6 Å². The van der Waals surface area contributed by atoms with Gasteiger partial charge in [0.15, 0.2) is 5.96 Å². The van der Waals surface area contributed by atoms with Crippen LogP contribution in [-0.4, -0.2) is 35.9 Å². The summed E-state index contributed by atoms with van der Waals surface area (Å²) in [6.45, 7) is 5.89. The molecule has 98 valence electrons. The van der Waals surface area contributed by atoms with Crippen molar-refractivity contribution in [3.05, 3.63) is 17.5 Å². The van der Waals surface area contributed by atoms with Crippen LogP contribution < -0.4 is 10.6 Å². The summed E-state index contributed by atoms with van der Waals surface area (Å²) < 4.78 is 1.90. The average molecular weight is 351 g/mol. The smallest absolute Gasteiger partial charge is 0.190 e. The summed E-state index contributed by atoms with van der Waals surface area (Å²) in [6, 6.07) is 0. The molecule has 1 aromatic rings. The monoisotopic (exact) mass is 351 g/mol. The summed E-state index contributed by atoms with van der Waals surface area (Å²) in [5.74, 6) is 0.851. The van der Waals surface area contributed by atoms with Gasteiger partial charge in [0.2, 0.25) is 0 Å². The summed E-state index contributed by atoms with van der Waals surface area (Å²) in [6.07, 6.45) is 2.89. The fourth-order valence-electron chi connectivity index (χ4n) is 1.49. The van der Waals surface area contributed by atoms with Crippen molar-refractivity contribution in [1.82, 2.24) is 20.4 Å². The van der Waals surface area contributed by atoms with Gasteiger partial charge in [-0.1, -0.05) is 0 Å². The molecule has 0 aliphatic heterocycles. The number of hydrogen-bond acceptors (Lipinski definition) is 2. The van der Waals surface area contributed by atoms with Crippen molar-refractivity contribution in [1.29, 1.82) is 0 Å². The summed E-state index contributed by atoms with van der Waals surface area (Å²) in [7, 11) is 3.74. The van der Waals surface area contributed by atoms with Gasteiger partial charge in [-0.15, -0.1) is 24.0 Å². The van der Waals surface area contributed by atoms with Crippen LogP contribution in [0, 0.1) is 6.92 Å². The third kappa shape index (κ3) is 4.93. The lowest BCUT2D eigenvalue weighted by Crippen LogP contribution is -2.38. The molecule has 1 heterocycles. The van der Waals surface area contributed by atoms with Gasteiger partial charge in [-0.05, 0) is 25.8 Å². The Bertz CT molecular complexity index is 359. The van der Waals surface area contributed by atoms with Crippen molar-refractivity contribution >= 4 is 29.9 Å². The normalized spacial score (nSPS) is 10.9. The first kappa shape index (κ1) is 16.2. The third-order valence-corrected chi connectivity index (χ3v) is 2.59. The van der Waals surface area contributed by atoms with Crippen LogP contribution >= 0.6 is 24.0 Å². The molecule has 0 saturated heterocycles. The van der Waals surface area contributed by atoms with Crippen LogP contribution in [-0.2, 0) is 13.5 Å². The molecule has 1 aromatic heterocycles. The van der Waals surface area contributed by atoms with Crippen LogP contribution in [0.25, 0.3) is 0 Å². The first-order valence-corrected chi connectivity index (χ1v) is 5.61. The van der Waals surface area contributed by atoms with Gasteiger partial charge in [0.25, 0.3) is 0 Å². The highest BCUT2D eigenvalue weighted by molar-refractivity contribution is 14.0. The molecular weight excluding hydrogens is 329 g/mol. The molecule has 0 aliphatic carbocycles. The van der Waals surface area contributed by atoms with Gasteiger partial charge in [-0.3, -0.25) is 9.67 Å². The van der Waals surface area contributed by atoms with E-state index in [1.165, 1.54) is 11.3 Å². The maximum atomic E-state index is 4.21. The first-order chi connectivity index (χ1) is 7.69. The topological polar surface area (TPSA) is 54.2 Å². The minimum Gasteiger partial charge on any atom is -0.357 e. The molecule has 17 heavy (non-hydrogen) atoms. The molecule has 0 radical (unpaired) electrons. The van der Waals surface area contributed by atoms with Crippen molar-refractivity contribution < 1.29 is 0 Å². The Morgan fingerprint density at radius 1 is 1.47 bits per heavy atom. The Hall–Kier alpha value is -0.790. The molecule has 0 bridgehead atoms. The van der Waals surface area contributed by atoms with E-state index < -0.39 is 0 Å². The van der Waals surface area contributed by atoms with Crippen molar-refractivity contribution in [2.75, 3.05) is 20.1 Å². The predicted molar refractivity (Wildman–Crippen MR) is 82.1 cm³/mol. The number of halogens is 1. The third-order valence-electron chi connectivity index (χ3n) is 2.59. The minimum absolute atomic E-state index is 0. The number of aryl methyl sites for hydroxylation is 1. The van der Waals surface area contributed by atoms with Crippen LogP contribution in [0.3, 0.4) is 0 Å². The van der Waals surface area contributed by atoms with Gasteiger partial charge >= 0.3 is 0 Å². The molecule has 0 fully saturated rings. The van der Waals surface area contributed by atoms with E-state index in [0.717, 1.165) is 25.5 Å². The number of nitrogens with zero attached hydrogens (tertiary/aromatic N) is 3. The van der Waals surface area contributed by atoms with E-state index in [1.807, 2.05) is 17.9 Å². The van der Waals surface area contributed by atoms with Gasteiger partial charge in [-0.25, -0.2) is 0 Å². The molecule has 0 spiro atoms. The molecule has 0 aromatic carbocycles. The fourth-order valence-corrected chi connectivity index (χ4v) is 1.49. The number of guanidine groups is 1. The zero-order valence-corrected chi connectivity index (χ0v) is 13.3. The molecule has 0 unspecified atom stereocenters. The minimum atomic E-state index is 0. The van der Waals surface area contributed by atoms with Gasteiger partial charge in [0.05, 0.1) is 6.20 Å². The largest absolute Gasteiger partial charge is 0.357 e. The van der Waals surface area contributed by atoms with Crippen LogP contribution in [0.15, 0.2) is 11.2 Å². The van der Waals surface area contributed by atoms with Crippen LogP contribution in [0.4, 0.5) is 0 Å². The maximum absolute atomic E-state index is 4.21. The lowest BCUT2D eigenvalue weighted by atomic mass is 10.2. The maximum Gasteiger partial charge on any atom is 0.190 e. The zero-order valence-electron chi connectivity index (χ0n) is 10.9. The SMILES string of the molecule is CCNC(=NC)NCCc1cnn(C)c1C.I. The Morgan fingerprint density at radius 2 is 2.18 bits per heavy atom. The molecule has 0 amide bonds. The highest BCUT2D eigenvalue weighted by Gasteiger charge is 2.03. The second-order valence-corrected chi connectivity index (χ2v) is 3.66. The summed E-state index contributed by atoms with van der Waals surface area (Å²) in [5, 5.41) is 10.6. The second-order valence-electron chi connectivity index (χ2n) is 3.66. The lowest BCUT2D eigenvalue weighted by Gasteiger charge is -2.09. The standard InChI is InChI=1S/C11H21N5.HI/c1-5-13-11(12-3)14-7-6-10-8-15-16(4)9(10)2;/h8H,5-7H2,1-4H3,(H2,12,13,14);1H. The number of hydrogen-bond donors (Lipinski definition) is 2. The molecule has 0 atom stereocenters. The summed E-state index contributed by atoms with van der Waals surface area (Å²) >= 11 is 0. The number of aliphatic imine (C=N–C) groups is 1. The number of rotatable bonds is 4. The number of nitrogens with one attached hydrogen (secondary N) is 2. The van der Waals surface area contributed by atoms with Crippen LogP contribution in [0.1, 0.15) is 18.2 Å². The zero-order chi connectivity index (χ0) is 12.0. The molecule has 5 nitrogen and oxygen atoms in total. The van der Waals surface area contributed by atoms with Crippen molar-refractivity contribution in [3.63, 3.8) is 0 Å². The Labute approximate surface area is 120 Å². The van der Waals surface area contributed by atoms with Crippen LogP contribution in [0.2, 0.25) is 0 Å². The summed E-state index contributed by atoms with van der Waals surface area (Å²) in [4.78, 5) is 4.11. The highest BCUT2D eigenvalue weighted by atomic mass is 127. The molecule has 2 N–H and O–H groups in total. The quantitative estimate of drug-likeness (QED) is 0.485. The van der Waals surface area contributed by atoms with Crippen molar-refractivity contribution in [2.45, 2.75) is 20.3 Å². The second kappa shape index (κ2) is 8.32. The highest BCUT2D eigenvalue weighted by Crippen LogP contribution is 2.05. The fraction of sp³-hybridized carbons (Fsp3) is 0.636. The first-order valence-electron chi connectivity index (χ1n) is 5.61. The van der Waals surface area contributed by atoms with E-state index in [-0.39, 0.29) is 24.0 Å². The van der Waals surface area contributed by atoms with Gasteiger partial charge in [0.1, 0.15) is 0 Å². The lowest BCUT2D eigenvalue weighted by molar-refractivity contribution is 0.735. The van der Waals surface area contributed by atoms with Gasteiger partial charge in [-0.2, -0.15) is 5.10 Å². The van der Waals surface area contributed by atoms with E-state index >= 15 is 0 Å². The molecular formula is C11H22IN5. The van der Waals surface area contributed by atoms with Crippen molar-refractivity contribution in [2.24, 2.45) is 12.0 Å². The van der Waals surface area contributed by atoms with E-state index in [2.05, 4.69) is 34.6 Å². The van der Waals surface area contributed by atoms with E-state index in [4.69, 9.17) is 0 Å². The van der Waals surface area contributed by atoms with Crippen molar-refractivity contribution in [3.8, 4) is 0 Å². The number of aromatic nitrogens is 2. The van der Waals surface area contributed by atoms with Gasteiger partial charge in [0, 0.05) is 32.9 Å². The summed E-state index contributed by atoms with van der Waals surface area (Å²) in [5.41, 5.74) is 2.50. The van der Waals surface area contributed by atoms with E-state index in [9.17, 15) is 0 Å². The van der Waals surface area contributed by atoms with E-state index in [1.54, 1.807) is 7.05 Å². The average Bonchev–Trinajstić information content (AvgIpc) is 2.59. The molecule has 0 saturated carbocycles. The van der Waals surface area contributed by atoms with Crippen LogP contribution in [0.5, 0.6) is 0 Å². The van der Waals surface area contributed by atoms with E-state index in [0.29, 0.717) is 0 Å². The molecule has 1 rings (SSSR count). The molecule has 0 aliphatic rings. The predicted octanol–water partition coefficient (Wildman–Crippen LogP) is 1.07. The Kier molecular flexibility index (Phi) is 7.94. The molecule has 6 heteroatoms.